The number of aromatic amines is 1. The van der Waals surface area contributed by atoms with Crippen LogP contribution < -0.4 is 5.32 Å². The first kappa shape index (κ1) is 18.6. The average molecular weight is 396 g/mol. The van der Waals surface area contributed by atoms with Gasteiger partial charge in [0.1, 0.15) is 11.7 Å². The zero-order valence-corrected chi connectivity index (χ0v) is 16.2. The predicted molar refractivity (Wildman–Crippen MR) is 111 cm³/mol. The number of carbonyl (C=O) groups excluding carboxylic acids is 2. The third-order valence-electron chi connectivity index (χ3n) is 5.13. The molecule has 1 aromatic heterocycles. The van der Waals surface area contributed by atoms with Crippen LogP contribution in [0, 0.1) is 0 Å². The molecule has 1 aliphatic rings. The molecule has 1 fully saturated rings. The van der Waals surface area contributed by atoms with Gasteiger partial charge in [0.15, 0.2) is 0 Å². The van der Waals surface area contributed by atoms with E-state index >= 15 is 0 Å². The van der Waals surface area contributed by atoms with Crippen molar-refractivity contribution in [1.82, 2.24) is 15.2 Å². The number of rotatable bonds is 5. The van der Waals surface area contributed by atoms with Crippen LogP contribution in [0.2, 0.25) is 5.02 Å². The van der Waals surface area contributed by atoms with E-state index < -0.39 is 6.04 Å². The van der Waals surface area contributed by atoms with Gasteiger partial charge in [-0.1, -0.05) is 41.9 Å². The highest BCUT2D eigenvalue weighted by atomic mass is 35.5. The Morgan fingerprint density at radius 3 is 2.57 bits per heavy atom. The summed E-state index contributed by atoms with van der Waals surface area (Å²) < 4.78 is 0. The first-order valence-electron chi connectivity index (χ1n) is 9.52. The van der Waals surface area contributed by atoms with E-state index in [1.54, 1.807) is 18.2 Å². The summed E-state index contributed by atoms with van der Waals surface area (Å²) in [5.41, 5.74) is 2.27. The summed E-state index contributed by atoms with van der Waals surface area (Å²) in [6.45, 7) is 1.51. The largest absolute Gasteiger partial charge is 0.351 e. The maximum Gasteiger partial charge on any atom is 0.268 e. The number of likely N-dealkylation sites (tertiary alicyclic amines) is 1. The maximum absolute atomic E-state index is 13.0. The van der Waals surface area contributed by atoms with Crippen LogP contribution in [-0.2, 0) is 11.2 Å². The normalized spacial score (nSPS) is 15.0. The molecule has 0 spiro atoms. The Morgan fingerprint density at radius 2 is 1.82 bits per heavy atom. The van der Waals surface area contributed by atoms with Crippen molar-refractivity contribution >= 4 is 34.3 Å². The molecule has 1 aliphatic heterocycles. The fourth-order valence-corrected chi connectivity index (χ4v) is 3.85. The molecule has 2 aromatic carbocycles. The zero-order valence-electron chi connectivity index (χ0n) is 15.5. The molecule has 0 radical (unpaired) electrons. The van der Waals surface area contributed by atoms with E-state index in [1.165, 1.54) is 0 Å². The first-order valence-corrected chi connectivity index (χ1v) is 9.90. The Kier molecular flexibility index (Phi) is 5.35. The predicted octanol–water partition coefficient (Wildman–Crippen LogP) is 3.78. The Labute approximate surface area is 168 Å². The van der Waals surface area contributed by atoms with Gasteiger partial charge < -0.3 is 15.2 Å². The number of aromatic nitrogens is 1. The van der Waals surface area contributed by atoms with Gasteiger partial charge in [-0.3, -0.25) is 9.59 Å². The molecule has 6 heteroatoms. The second-order valence-electron chi connectivity index (χ2n) is 7.16. The van der Waals surface area contributed by atoms with E-state index in [-0.39, 0.29) is 11.8 Å². The first-order chi connectivity index (χ1) is 13.6. The third kappa shape index (κ3) is 4.04. The number of hydrogen-bond acceptors (Lipinski definition) is 2. The second kappa shape index (κ2) is 8.07. The zero-order chi connectivity index (χ0) is 19.5. The van der Waals surface area contributed by atoms with Crippen molar-refractivity contribution in [2.24, 2.45) is 0 Å². The highest BCUT2D eigenvalue weighted by Crippen LogP contribution is 2.20. The van der Waals surface area contributed by atoms with Crippen LogP contribution in [0.3, 0.4) is 0 Å². The van der Waals surface area contributed by atoms with Gasteiger partial charge in [0.2, 0.25) is 5.91 Å². The van der Waals surface area contributed by atoms with E-state index in [4.69, 9.17) is 11.6 Å². The summed E-state index contributed by atoms with van der Waals surface area (Å²) in [5, 5.41) is 4.42. The number of nitrogens with zero attached hydrogens (tertiary/aromatic N) is 1. The molecule has 3 aromatic rings. The lowest BCUT2D eigenvalue weighted by atomic mass is 10.0. The van der Waals surface area contributed by atoms with Gasteiger partial charge in [0.05, 0.1) is 0 Å². The molecule has 1 saturated heterocycles. The van der Waals surface area contributed by atoms with Gasteiger partial charge in [-0.15, -0.1) is 0 Å². The van der Waals surface area contributed by atoms with E-state index in [0.717, 1.165) is 42.4 Å². The van der Waals surface area contributed by atoms with Crippen molar-refractivity contribution in [2.45, 2.75) is 25.3 Å². The smallest absolute Gasteiger partial charge is 0.268 e. The fourth-order valence-electron chi connectivity index (χ4n) is 3.67. The van der Waals surface area contributed by atoms with Gasteiger partial charge in [-0.2, -0.15) is 0 Å². The number of fused-ring (bicyclic) bond motifs is 1. The van der Waals surface area contributed by atoms with Gasteiger partial charge in [0, 0.05) is 35.4 Å². The van der Waals surface area contributed by atoms with Crippen molar-refractivity contribution in [3.63, 3.8) is 0 Å². The number of nitrogens with one attached hydrogen (secondary N) is 2. The minimum absolute atomic E-state index is 0.0196. The highest BCUT2D eigenvalue weighted by molar-refractivity contribution is 6.31. The van der Waals surface area contributed by atoms with Crippen LogP contribution in [0.25, 0.3) is 10.9 Å². The molecule has 1 unspecified atom stereocenters. The molecule has 1 atom stereocenters. The SMILES string of the molecule is O=C(NC(Cc1ccccc1)C(=O)N1CCCC1)c1cc2cc(Cl)ccc2[nH]1. The van der Waals surface area contributed by atoms with Gasteiger partial charge >= 0.3 is 0 Å². The van der Waals surface area contributed by atoms with Crippen LogP contribution in [0.4, 0.5) is 0 Å². The van der Waals surface area contributed by atoms with Crippen molar-refractivity contribution in [3.8, 4) is 0 Å². The monoisotopic (exact) mass is 395 g/mol. The topological polar surface area (TPSA) is 65.2 Å². The molecule has 28 heavy (non-hydrogen) atoms. The number of amides is 2. The van der Waals surface area contributed by atoms with Crippen molar-refractivity contribution in [2.75, 3.05) is 13.1 Å². The molecule has 5 nitrogen and oxygen atoms in total. The molecular formula is C22H22ClN3O2. The number of benzene rings is 2. The summed E-state index contributed by atoms with van der Waals surface area (Å²) >= 11 is 6.03. The van der Waals surface area contributed by atoms with E-state index in [2.05, 4.69) is 10.3 Å². The average Bonchev–Trinajstić information content (AvgIpc) is 3.37. The Hall–Kier alpha value is -2.79. The molecule has 2 heterocycles. The Morgan fingerprint density at radius 1 is 1.07 bits per heavy atom. The van der Waals surface area contributed by atoms with Crippen molar-refractivity contribution < 1.29 is 9.59 Å². The molecule has 2 amide bonds. The molecule has 144 valence electrons. The third-order valence-corrected chi connectivity index (χ3v) is 5.37. The summed E-state index contributed by atoms with van der Waals surface area (Å²) in [5.74, 6) is -0.311. The van der Waals surface area contributed by atoms with Crippen molar-refractivity contribution in [3.05, 3.63) is 70.9 Å². The molecule has 0 bridgehead atoms. The van der Waals surface area contributed by atoms with E-state index in [0.29, 0.717) is 17.1 Å². The van der Waals surface area contributed by atoms with Crippen LogP contribution in [0.15, 0.2) is 54.6 Å². The Bertz CT molecular complexity index is 993. The lowest BCUT2D eigenvalue weighted by Crippen LogP contribution is -2.49. The second-order valence-corrected chi connectivity index (χ2v) is 7.60. The van der Waals surface area contributed by atoms with Crippen LogP contribution in [0.1, 0.15) is 28.9 Å². The van der Waals surface area contributed by atoms with Crippen LogP contribution >= 0.6 is 11.6 Å². The van der Waals surface area contributed by atoms with E-state index in [9.17, 15) is 9.59 Å². The molecule has 0 aliphatic carbocycles. The summed E-state index contributed by atoms with van der Waals surface area (Å²) in [6, 6.07) is 16.4. The van der Waals surface area contributed by atoms with Gasteiger partial charge in [0.25, 0.3) is 5.91 Å². The summed E-state index contributed by atoms with van der Waals surface area (Å²) in [4.78, 5) is 30.8. The molecule has 2 N–H and O–H groups in total. The lowest BCUT2D eigenvalue weighted by Gasteiger charge is -2.24. The minimum Gasteiger partial charge on any atom is -0.351 e. The number of carbonyl (C=O) groups is 2. The lowest BCUT2D eigenvalue weighted by molar-refractivity contribution is -0.132. The van der Waals surface area contributed by atoms with Crippen LogP contribution in [-0.4, -0.2) is 40.8 Å². The number of halogens is 1. The quantitative estimate of drug-likeness (QED) is 0.690. The molecule has 0 saturated carbocycles. The van der Waals surface area contributed by atoms with Crippen LogP contribution in [0.5, 0.6) is 0 Å². The highest BCUT2D eigenvalue weighted by Gasteiger charge is 2.28. The van der Waals surface area contributed by atoms with Gasteiger partial charge in [-0.25, -0.2) is 0 Å². The molecular weight excluding hydrogens is 374 g/mol. The fraction of sp³-hybridized carbons (Fsp3) is 0.273. The summed E-state index contributed by atoms with van der Waals surface area (Å²) in [7, 11) is 0. The summed E-state index contributed by atoms with van der Waals surface area (Å²) in [6.07, 6.45) is 2.50. The molecule has 4 rings (SSSR count). The maximum atomic E-state index is 13.0. The van der Waals surface area contributed by atoms with E-state index in [1.807, 2.05) is 41.3 Å². The van der Waals surface area contributed by atoms with Crippen molar-refractivity contribution in [1.29, 1.82) is 0 Å². The minimum atomic E-state index is -0.594. The standard InChI is InChI=1S/C22H22ClN3O2/c23-17-8-9-18-16(13-17)14-19(24-18)21(27)25-20(12-15-6-2-1-3-7-15)22(28)26-10-4-5-11-26/h1-3,6-9,13-14,20,24H,4-5,10-12H2,(H,25,27). The van der Waals surface area contributed by atoms with Gasteiger partial charge in [-0.05, 0) is 42.7 Å². The number of hydrogen-bond donors (Lipinski definition) is 2. The Balaban J connectivity index is 1.56. The number of H-pyrrole nitrogens is 1.